The van der Waals surface area contributed by atoms with Gasteiger partial charge in [-0.25, -0.2) is 4.79 Å². The first kappa shape index (κ1) is 24.4. The fourth-order valence-corrected chi connectivity index (χ4v) is 7.19. The quantitative estimate of drug-likeness (QED) is 0.370. The first-order valence-electron chi connectivity index (χ1n) is 11.4. The van der Waals surface area contributed by atoms with Gasteiger partial charge in [-0.05, 0) is 57.3 Å². The molecule has 184 valence electrons. The van der Waals surface area contributed by atoms with Crippen molar-refractivity contribution in [3.05, 3.63) is 35.5 Å². The number of allylic oxidation sites excluding steroid dienone is 1. The Morgan fingerprint density at radius 3 is 2.32 bits per heavy atom. The van der Waals surface area contributed by atoms with Crippen LogP contribution in [0.3, 0.4) is 0 Å². The van der Waals surface area contributed by atoms with Gasteiger partial charge >= 0.3 is 17.9 Å². The number of rotatable bonds is 2. The van der Waals surface area contributed by atoms with E-state index in [2.05, 4.69) is 6.58 Å². The Labute approximate surface area is 199 Å². The highest BCUT2D eigenvalue weighted by Crippen LogP contribution is 2.73. The number of esters is 3. The molecular formula is C26H32O8. The molecule has 0 radical (unpaired) electrons. The van der Waals surface area contributed by atoms with Crippen molar-refractivity contribution in [2.45, 2.75) is 71.7 Å². The molecule has 3 aliphatic carbocycles. The first-order valence-corrected chi connectivity index (χ1v) is 11.4. The van der Waals surface area contributed by atoms with Gasteiger partial charge in [0.25, 0.3) is 0 Å². The molecule has 0 amide bonds. The van der Waals surface area contributed by atoms with E-state index in [1.165, 1.54) is 20.1 Å². The van der Waals surface area contributed by atoms with Gasteiger partial charge in [-0.1, -0.05) is 19.6 Å². The number of hydrogen-bond donors (Lipinski definition) is 1. The number of Topliss-reactive ketones (excluding diaryl/α,β-unsaturated/α-hetero) is 1. The summed E-state index contributed by atoms with van der Waals surface area (Å²) < 4.78 is 16.3. The zero-order valence-corrected chi connectivity index (χ0v) is 20.7. The van der Waals surface area contributed by atoms with Crippen LogP contribution in [0.5, 0.6) is 0 Å². The highest BCUT2D eigenvalue weighted by molar-refractivity contribution is 6.06. The van der Waals surface area contributed by atoms with Crippen LogP contribution in [-0.2, 0) is 33.4 Å². The highest BCUT2D eigenvalue weighted by Gasteiger charge is 2.80. The van der Waals surface area contributed by atoms with Gasteiger partial charge in [0.05, 0.1) is 18.1 Å². The Bertz CT molecular complexity index is 1110. The number of fused-ring (bicyclic) bond motifs is 5. The van der Waals surface area contributed by atoms with Crippen molar-refractivity contribution in [2.24, 2.45) is 22.2 Å². The number of ether oxygens (including phenoxy) is 3. The number of methoxy groups -OCH3 is 1. The lowest BCUT2D eigenvalue weighted by Gasteiger charge is -2.58. The molecule has 8 nitrogen and oxygen atoms in total. The minimum atomic E-state index is -1.73. The van der Waals surface area contributed by atoms with Gasteiger partial charge in [0.15, 0.2) is 11.9 Å². The SMILES string of the molecule is C=C1[C@@]2(C)CC3C(C)(O)C4=CC(=O)OC(C)(C)C4=CCC3(C)[C@]1(C(=O)OC)C(OC(C)=O)C2=O. The molecule has 1 N–H and O–H groups in total. The maximum atomic E-state index is 13.8. The molecule has 4 aliphatic rings. The van der Waals surface area contributed by atoms with Crippen molar-refractivity contribution in [2.75, 3.05) is 7.11 Å². The topological polar surface area (TPSA) is 116 Å². The molecule has 4 unspecified atom stereocenters. The summed E-state index contributed by atoms with van der Waals surface area (Å²) in [6, 6.07) is 0. The van der Waals surface area contributed by atoms with Crippen LogP contribution < -0.4 is 0 Å². The van der Waals surface area contributed by atoms with Gasteiger partial charge in [0, 0.05) is 24.3 Å². The molecule has 0 saturated heterocycles. The lowest BCUT2D eigenvalue weighted by Crippen LogP contribution is -2.63. The Morgan fingerprint density at radius 1 is 1.15 bits per heavy atom. The van der Waals surface area contributed by atoms with E-state index in [4.69, 9.17) is 14.2 Å². The zero-order chi connectivity index (χ0) is 25.6. The molecule has 2 bridgehead atoms. The van der Waals surface area contributed by atoms with Gasteiger partial charge in [-0.15, -0.1) is 0 Å². The molecule has 2 saturated carbocycles. The van der Waals surface area contributed by atoms with Gasteiger partial charge in [-0.2, -0.15) is 0 Å². The van der Waals surface area contributed by atoms with Crippen LogP contribution in [0.2, 0.25) is 0 Å². The van der Waals surface area contributed by atoms with Crippen molar-refractivity contribution in [3.63, 3.8) is 0 Å². The summed E-state index contributed by atoms with van der Waals surface area (Å²) >= 11 is 0. The molecule has 1 aliphatic heterocycles. The molecule has 0 aromatic carbocycles. The third-order valence-electron chi connectivity index (χ3n) is 8.90. The van der Waals surface area contributed by atoms with E-state index < -0.39 is 63.2 Å². The van der Waals surface area contributed by atoms with Gasteiger partial charge in [0.2, 0.25) is 0 Å². The lowest BCUT2D eigenvalue weighted by atomic mass is 9.44. The summed E-state index contributed by atoms with van der Waals surface area (Å²) in [7, 11) is 1.22. The number of carbonyl (C=O) groups is 4. The standard InChI is InChI=1S/C26H32O8/c1-13-23(5)12-17-24(6,26(13,21(30)32-8)20(19(23)29)33-14(2)27)10-9-15-16(25(17,7)31)11-18(28)34-22(15,3)4/h9,11,17,20,31H,1,10,12H2,2-8H3/t17?,20?,23-,24?,25?,26+/m1/s1. The van der Waals surface area contributed by atoms with Crippen molar-refractivity contribution >= 4 is 23.7 Å². The zero-order valence-electron chi connectivity index (χ0n) is 20.7. The van der Waals surface area contributed by atoms with E-state index in [0.717, 1.165) is 0 Å². The van der Waals surface area contributed by atoms with E-state index in [0.29, 0.717) is 16.7 Å². The van der Waals surface area contributed by atoms with Crippen LogP contribution in [-0.4, -0.2) is 53.2 Å². The van der Waals surface area contributed by atoms with E-state index in [1.54, 1.807) is 34.6 Å². The number of ketones is 1. The minimum absolute atomic E-state index is 0.151. The summed E-state index contributed by atoms with van der Waals surface area (Å²) in [5, 5.41) is 12.1. The largest absolute Gasteiger partial charge is 0.468 e. The first-order chi connectivity index (χ1) is 15.5. The summed E-state index contributed by atoms with van der Waals surface area (Å²) in [5.74, 6) is -3.16. The smallest absolute Gasteiger partial charge is 0.332 e. The maximum absolute atomic E-state index is 13.8. The molecule has 0 aromatic rings. The summed E-state index contributed by atoms with van der Waals surface area (Å²) in [4.78, 5) is 52.0. The molecule has 6 atom stereocenters. The molecule has 4 rings (SSSR count). The van der Waals surface area contributed by atoms with Crippen molar-refractivity contribution in [3.8, 4) is 0 Å². The summed E-state index contributed by atoms with van der Waals surface area (Å²) in [6.45, 7) is 13.9. The number of aliphatic hydroxyl groups is 1. The molecule has 8 heteroatoms. The number of cyclic esters (lactones) is 1. The second kappa shape index (κ2) is 6.90. The molecule has 0 aromatic heterocycles. The molecule has 34 heavy (non-hydrogen) atoms. The Hall–Kier alpha value is -2.74. The lowest BCUT2D eigenvalue weighted by molar-refractivity contribution is -0.189. The average molecular weight is 473 g/mol. The van der Waals surface area contributed by atoms with Crippen LogP contribution >= 0.6 is 0 Å². The van der Waals surface area contributed by atoms with Crippen LogP contribution in [0, 0.1) is 22.2 Å². The monoisotopic (exact) mass is 472 g/mol. The van der Waals surface area contributed by atoms with Gasteiger partial charge in [0.1, 0.15) is 11.0 Å². The third-order valence-corrected chi connectivity index (χ3v) is 8.90. The van der Waals surface area contributed by atoms with E-state index >= 15 is 0 Å². The normalized spacial score (nSPS) is 42.4. The minimum Gasteiger partial charge on any atom is -0.468 e. The Balaban J connectivity index is 2.08. The second-order valence-electron chi connectivity index (χ2n) is 11.1. The van der Waals surface area contributed by atoms with Crippen molar-refractivity contribution < 1.29 is 38.5 Å². The predicted octanol–water partition coefficient (Wildman–Crippen LogP) is 2.59. The van der Waals surface area contributed by atoms with E-state index in [9.17, 15) is 24.3 Å². The summed E-state index contributed by atoms with van der Waals surface area (Å²) in [6.07, 6.45) is 2.06. The third kappa shape index (κ3) is 2.63. The van der Waals surface area contributed by atoms with E-state index in [1.807, 2.05) is 6.08 Å². The number of hydrogen-bond acceptors (Lipinski definition) is 8. The molecular weight excluding hydrogens is 440 g/mol. The van der Waals surface area contributed by atoms with Crippen LogP contribution in [0.1, 0.15) is 54.4 Å². The van der Waals surface area contributed by atoms with Crippen molar-refractivity contribution in [1.29, 1.82) is 0 Å². The number of carbonyl (C=O) groups excluding carboxylic acids is 4. The van der Waals surface area contributed by atoms with Gasteiger partial charge in [-0.3, -0.25) is 14.4 Å². The molecule has 1 heterocycles. The predicted molar refractivity (Wildman–Crippen MR) is 120 cm³/mol. The van der Waals surface area contributed by atoms with Crippen LogP contribution in [0.15, 0.2) is 35.5 Å². The van der Waals surface area contributed by atoms with Crippen LogP contribution in [0.4, 0.5) is 0 Å². The molecule has 0 spiro atoms. The molecule has 2 fully saturated rings. The summed E-state index contributed by atoms with van der Waals surface area (Å²) in [5.41, 5.74) is -5.43. The van der Waals surface area contributed by atoms with Crippen molar-refractivity contribution in [1.82, 2.24) is 0 Å². The van der Waals surface area contributed by atoms with Gasteiger partial charge < -0.3 is 19.3 Å². The maximum Gasteiger partial charge on any atom is 0.332 e. The Kier molecular flexibility index (Phi) is 4.95. The van der Waals surface area contributed by atoms with Crippen LogP contribution in [0.25, 0.3) is 0 Å². The average Bonchev–Trinajstić information content (AvgIpc) is 2.78. The van der Waals surface area contributed by atoms with E-state index in [-0.39, 0.29) is 12.8 Å². The highest BCUT2D eigenvalue weighted by atomic mass is 16.6. The second-order valence-corrected chi connectivity index (χ2v) is 11.1. The fraction of sp³-hybridized carbons (Fsp3) is 0.615. The Morgan fingerprint density at radius 2 is 1.76 bits per heavy atom. The fourth-order valence-electron chi connectivity index (χ4n) is 7.19.